The van der Waals surface area contributed by atoms with E-state index in [0.29, 0.717) is 28.1 Å². The first kappa shape index (κ1) is 27.0. The van der Waals surface area contributed by atoms with Crippen LogP contribution in [0.25, 0.3) is 22.5 Å². The van der Waals surface area contributed by atoms with Crippen molar-refractivity contribution in [3.63, 3.8) is 0 Å². The van der Waals surface area contributed by atoms with Gasteiger partial charge < -0.3 is 9.84 Å². The van der Waals surface area contributed by atoms with Gasteiger partial charge >= 0.3 is 0 Å². The van der Waals surface area contributed by atoms with Crippen LogP contribution in [0.5, 0.6) is 0 Å². The SMILES string of the molecule is Cc1cc(NS(=O)(=O)c2ccc(NC(=O)CCSc3nnc(-c4ccccc4)c(-c4ccccc4)n3)cc2)no1. The second-order valence-corrected chi connectivity index (χ2v) is 11.4. The minimum Gasteiger partial charge on any atom is -0.360 e. The second kappa shape index (κ2) is 12.1. The molecule has 2 aromatic heterocycles. The summed E-state index contributed by atoms with van der Waals surface area (Å²) in [6, 6.07) is 26.8. The third-order valence-electron chi connectivity index (χ3n) is 5.64. The first-order valence-electron chi connectivity index (χ1n) is 12.2. The van der Waals surface area contributed by atoms with Gasteiger partial charge in [-0.15, -0.1) is 10.2 Å². The van der Waals surface area contributed by atoms with E-state index < -0.39 is 10.0 Å². The van der Waals surface area contributed by atoms with Crippen LogP contribution in [0.1, 0.15) is 12.2 Å². The normalized spacial score (nSPS) is 11.2. The first-order valence-corrected chi connectivity index (χ1v) is 14.7. The standard InChI is InChI=1S/C28H24N6O4S2/c1-19-18-24(33-38-19)34-40(36,37)23-14-12-22(13-15-23)29-25(35)16-17-39-28-30-26(20-8-4-2-5-9-20)27(31-32-28)21-10-6-3-7-11-21/h2-15,18H,16-17H2,1H3,(H,29,35)(H,33,34). The van der Waals surface area contributed by atoms with Crippen molar-refractivity contribution in [3.8, 4) is 22.5 Å². The Labute approximate surface area is 235 Å². The molecule has 2 heterocycles. The van der Waals surface area contributed by atoms with Crippen LogP contribution in [0.15, 0.2) is 106 Å². The van der Waals surface area contributed by atoms with E-state index in [4.69, 9.17) is 9.51 Å². The molecule has 0 unspecified atom stereocenters. The van der Waals surface area contributed by atoms with Crippen LogP contribution in [0, 0.1) is 6.92 Å². The van der Waals surface area contributed by atoms with Crippen LogP contribution in [0.2, 0.25) is 0 Å². The zero-order valence-corrected chi connectivity index (χ0v) is 22.9. The lowest BCUT2D eigenvalue weighted by molar-refractivity contribution is -0.115. The zero-order valence-electron chi connectivity index (χ0n) is 21.3. The maximum atomic E-state index is 12.5. The molecular formula is C28H24N6O4S2. The van der Waals surface area contributed by atoms with Gasteiger partial charge in [0.25, 0.3) is 10.0 Å². The van der Waals surface area contributed by atoms with E-state index in [1.807, 2.05) is 60.7 Å². The number of benzene rings is 3. The molecule has 0 aliphatic heterocycles. The molecule has 40 heavy (non-hydrogen) atoms. The van der Waals surface area contributed by atoms with Crippen molar-refractivity contribution >= 4 is 39.2 Å². The molecular weight excluding hydrogens is 548 g/mol. The molecule has 5 aromatic rings. The molecule has 5 rings (SSSR count). The summed E-state index contributed by atoms with van der Waals surface area (Å²) >= 11 is 1.33. The topological polar surface area (TPSA) is 140 Å². The van der Waals surface area contributed by atoms with Crippen molar-refractivity contribution in [2.45, 2.75) is 23.4 Å². The van der Waals surface area contributed by atoms with Crippen molar-refractivity contribution in [2.75, 3.05) is 15.8 Å². The number of amides is 1. The molecule has 2 N–H and O–H groups in total. The van der Waals surface area contributed by atoms with E-state index in [9.17, 15) is 13.2 Å². The minimum absolute atomic E-state index is 0.0273. The highest BCUT2D eigenvalue weighted by Gasteiger charge is 2.17. The summed E-state index contributed by atoms with van der Waals surface area (Å²) < 4.78 is 32.3. The number of aryl methyl sites for hydroxylation is 1. The number of nitrogens with one attached hydrogen (secondary N) is 2. The van der Waals surface area contributed by atoms with E-state index in [1.54, 1.807) is 6.92 Å². The Balaban J connectivity index is 1.19. The summed E-state index contributed by atoms with van der Waals surface area (Å²) in [5, 5.41) is 15.6. The monoisotopic (exact) mass is 572 g/mol. The Hall–Kier alpha value is -4.55. The Morgan fingerprint density at radius 2 is 1.52 bits per heavy atom. The average Bonchev–Trinajstić information content (AvgIpc) is 3.37. The number of nitrogens with zero attached hydrogens (tertiary/aromatic N) is 4. The van der Waals surface area contributed by atoms with Crippen molar-refractivity contribution in [3.05, 3.63) is 96.8 Å². The molecule has 0 aliphatic rings. The van der Waals surface area contributed by atoms with Crippen LogP contribution in [0.3, 0.4) is 0 Å². The summed E-state index contributed by atoms with van der Waals surface area (Å²) in [6.45, 7) is 1.66. The fraction of sp³-hybridized carbons (Fsp3) is 0.107. The number of carbonyl (C=O) groups excluding carboxylic acids is 1. The maximum absolute atomic E-state index is 12.5. The number of hydrogen-bond acceptors (Lipinski definition) is 9. The summed E-state index contributed by atoms with van der Waals surface area (Å²) in [7, 11) is -3.84. The predicted molar refractivity (Wildman–Crippen MR) is 153 cm³/mol. The minimum atomic E-state index is -3.84. The van der Waals surface area contributed by atoms with Crippen LogP contribution < -0.4 is 10.0 Å². The number of anilines is 2. The number of thioether (sulfide) groups is 1. The molecule has 0 spiro atoms. The van der Waals surface area contributed by atoms with Gasteiger partial charge in [-0.1, -0.05) is 77.6 Å². The molecule has 0 saturated heterocycles. The van der Waals surface area contributed by atoms with Crippen molar-refractivity contribution in [1.82, 2.24) is 20.3 Å². The van der Waals surface area contributed by atoms with Gasteiger partial charge in [-0.25, -0.2) is 13.4 Å². The molecule has 0 saturated carbocycles. The van der Waals surface area contributed by atoms with Gasteiger partial charge in [0.1, 0.15) is 17.1 Å². The Morgan fingerprint density at radius 3 is 2.15 bits per heavy atom. The van der Waals surface area contributed by atoms with Crippen LogP contribution in [0.4, 0.5) is 11.5 Å². The van der Waals surface area contributed by atoms with Gasteiger partial charge in [-0.3, -0.25) is 9.52 Å². The summed E-state index contributed by atoms with van der Waals surface area (Å²) in [4.78, 5) is 17.3. The van der Waals surface area contributed by atoms with Crippen molar-refractivity contribution in [2.24, 2.45) is 0 Å². The summed E-state index contributed by atoms with van der Waals surface area (Å²) in [5.41, 5.74) is 3.72. The lowest BCUT2D eigenvalue weighted by Gasteiger charge is -2.10. The smallest absolute Gasteiger partial charge is 0.263 e. The quantitative estimate of drug-likeness (QED) is 0.210. The maximum Gasteiger partial charge on any atom is 0.263 e. The molecule has 1 amide bonds. The summed E-state index contributed by atoms with van der Waals surface area (Å²) in [5.74, 6) is 0.783. The van der Waals surface area contributed by atoms with E-state index in [2.05, 4.69) is 25.4 Å². The number of carbonyl (C=O) groups is 1. The Kier molecular flexibility index (Phi) is 8.18. The molecule has 0 radical (unpaired) electrons. The fourth-order valence-electron chi connectivity index (χ4n) is 3.75. The molecule has 202 valence electrons. The molecule has 3 aromatic carbocycles. The fourth-order valence-corrected chi connectivity index (χ4v) is 5.46. The highest BCUT2D eigenvalue weighted by molar-refractivity contribution is 7.99. The number of rotatable bonds is 10. The summed E-state index contributed by atoms with van der Waals surface area (Å²) in [6.07, 6.45) is 0.197. The molecule has 0 aliphatic carbocycles. The Morgan fingerprint density at radius 1 is 0.875 bits per heavy atom. The largest absolute Gasteiger partial charge is 0.360 e. The Bertz CT molecular complexity index is 1710. The average molecular weight is 573 g/mol. The van der Waals surface area contributed by atoms with E-state index in [1.165, 1.54) is 42.1 Å². The zero-order chi connectivity index (χ0) is 28.0. The van der Waals surface area contributed by atoms with E-state index in [-0.39, 0.29) is 23.0 Å². The van der Waals surface area contributed by atoms with Crippen LogP contribution >= 0.6 is 11.8 Å². The van der Waals surface area contributed by atoms with Crippen LogP contribution in [-0.2, 0) is 14.8 Å². The second-order valence-electron chi connectivity index (χ2n) is 8.62. The highest BCUT2D eigenvalue weighted by Crippen LogP contribution is 2.29. The molecule has 0 atom stereocenters. The lowest BCUT2D eigenvalue weighted by Crippen LogP contribution is -2.14. The molecule has 0 bridgehead atoms. The predicted octanol–water partition coefficient (Wildman–Crippen LogP) is 5.42. The molecule has 0 fully saturated rings. The third-order valence-corrected chi connectivity index (χ3v) is 7.85. The van der Waals surface area contributed by atoms with Crippen molar-refractivity contribution in [1.29, 1.82) is 0 Å². The first-order chi connectivity index (χ1) is 19.4. The van der Waals surface area contributed by atoms with Gasteiger partial charge in [0.2, 0.25) is 11.1 Å². The van der Waals surface area contributed by atoms with Gasteiger partial charge in [-0.2, -0.15) is 0 Å². The number of hydrogen-bond donors (Lipinski definition) is 2. The highest BCUT2D eigenvalue weighted by atomic mass is 32.2. The number of aromatic nitrogens is 4. The van der Waals surface area contributed by atoms with Crippen LogP contribution in [-0.4, -0.2) is 40.4 Å². The van der Waals surface area contributed by atoms with Crippen molar-refractivity contribution < 1.29 is 17.7 Å². The van der Waals surface area contributed by atoms with Gasteiger partial charge in [0.05, 0.1) is 4.90 Å². The van der Waals surface area contributed by atoms with E-state index in [0.717, 1.165) is 16.8 Å². The molecule has 10 nitrogen and oxygen atoms in total. The molecule has 12 heteroatoms. The number of sulfonamides is 1. The third kappa shape index (κ3) is 6.71. The van der Waals surface area contributed by atoms with Gasteiger partial charge in [0.15, 0.2) is 5.82 Å². The van der Waals surface area contributed by atoms with Gasteiger partial charge in [0, 0.05) is 35.1 Å². The van der Waals surface area contributed by atoms with Gasteiger partial charge in [-0.05, 0) is 31.2 Å². The van der Waals surface area contributed by atoms with E-state index >= 15 is 0 Å². The lowest BCUT2D eigenvalue weighted by atomic mass is 10.0.